The predicted molar refractivity (Wildman–Crippen MR) is 182 cm³/mol. The summed E-state index contributed by atoms with van der Waals surface area (Å²) in [5, 5.41) is 9.43. The minimum Gasteiger partial charge on any atom is -0.493 e. The van der Waals surface area contributed by atoms with Crippen molar-refractivity contribution in [2.24, 2.45) is 5.10 Å². The van der Waals surface area contributed by atoms with Gasteiger partial charge in [0, 0.05) is 19.3 Å². The molecule has 0 aromatic heterocycles. The Morgan fingerprint density at radius 3 is 2.46 bits per heavy atom. The number of esters is 1. The third kappa shape index (κ3) is 8.90. The normalized spacial score (nSPS) is 14.3. The summed E-state index contributed by atoms with van der Waals surface area (Å²) < 4.78 is 29.8. The number of benzene rings is 3. The molecule has 3 aromatic rings. The van der Waals surface area contributed by atoms with E-state index in [-0.39, 0.29) is 24.5 Å². The quantitative estimate of drug-likeness (QED) is 0.0906. The first-order valence-electron chi connectivity index (χ1n) is 14.0. The number of halogens is 2. The van der Waals surface area contributed by atoms with Crippen molar-refractivity contribution in [1.29, 1.82) is 0 Å². The molecule has 0 spiro atoms. The molecule has 1 heterocycles. The lowest BCUT2D eigenvalue weighted by molar-refractivity contribution is -0.139. The van der Waals surface area contributed by atoms with E-state index in [1.54, 1.807) is 39.2 Å². The number of hydrazone groups is 1. The number of rotatable bonds is 13. The molecular weight excluding hydrogens is 775 g/mol. The van der Waals surface area contributed by atoms with Crippen LogP contribution in [0.2, 0.25) is 0 Å². The van der Waals surface area contributed by atoms with Crippen LogP contribution in [0.25, 0.3) is 0 Å². The molecule has 0 fully saturated rings. The topological polar surface area (TPSA) is 146 Å². The number of amides is 3. The number of urea groups is 1. The van der Waals surface area contributed by atoms with E-state index in [0.717, 1.165) is 13.6 Å². The molecule has 1 atom stereocenters. The van der Waals surface area contributed by atoms with Crippen molar-refractivity contribution in [3.8, 4) is 23.0 Å². The first-order valence-corrected chi connectivity index (χ1v) is 15.8. The van der Waals surface area contributed by atoms with Crippen LogP contribution in [0.4, 0.5) is 4.79 Å². The van der Waals surface area contributed by atoms with Crippen molar-refractivity contribution in [3.63, 3.8) is 0 Å². The van der Waals surface area contributed by atoms with Crippen LogP contribution in [0.15, 0.2) is 75.4 Å². The molecule has 3 N–H and O–H groups in total. The van der Waals surface area contributed by atoms with Crippen molar-refractivity contribution in [3.05, 3.63) is 90.6 Å². The summed E-state index contributed by atoms with van der Waals surface area (Å²) in [5.74, 6) is 0.494. The van der Waals surface area contributed by atoms with Gasteiger partial charge in [-0.2, -0.15) is 5.10 Å². The van der Waals surface area contributed by atoms with Crippen LogP contribution in [0.1, 0.15) is 36.6 Å². The molecule has 242 valence electrons. The third-order valence-corrected chi connectivity index (χ3v) is 7.75. The summed E-state index contributed by atoms with van der Waals surface area (Å²) in [4.78, 5) is 37.5. The van der Waals surface area contributed by atoms with Gasteiger partial charge in [0.15, 0.2) is 29.6 Å². The molecule has 4 rings (SSSR count). The first-order chi connectivity index (χ1) is 22.1. The van der Waals surface area contributed by atoms with Gasteiger partial charge in [0.05, 0.1) is 38.7 Å². The van der Waals surface area contributed by atoms with Gasteiger partial charge in [-0.3, -0.25) is 4.79 Å². The van der Waals surface area contributed by atoms with E-state index < -0.39 is 23.9 Å². The molecule has 0 bridgehead atoms. The second-order valence-corrected chi connectivity index (χ2v) is 11.9. The number of carbonyl (C=O) groups excluding carboxylic acids is 3. The molecule has 3 amide bonds. The largest absolute Gasteiger partial charge is 0.493 e. The zero-order chi connectivity index (χ0) is 33.2. The van der Waals surface area contributed by atoms with Crippen molar-refractivity contribution >= 4 is 62.6 Å². The first kappa shape index (κ1) is 34.6. The highest BCUT2D eigenvalue weighted by Gasteiger charge is 2.32. The van der Waals surface area contributed by atoms with Crippen LogP contribution in [0, 0.1) is 3.57 Å². The van der Waals surface area contributed by atoms with Crippen LogP contribution >= 0.6 is 38.5 Å². The Morgan fingerprint density at radius 1 is 1.02 bits per heavy atom. The average molecular weight is 807 g/mol. The van der Waals surface area contributed by atoms with Crippen LogP contribution in [-0.2, 0) is 20.9 Å². The van der Waals surface area contributed by atoms with Gasteiger partial charge in [-0.05, 0) is 84.0 Å². The molecule has 0 saturated heterocycles. The minimum absolute atomic E-state index is 0.180. The Kier molecular flexibility index (Phi) is 12.3. The summed E-state index contributed by atoms with van der Waals surface area (Å²) in [6.07, 6.45) is 1.47. The lowest BCUT2D eigenvalue weighted by Crippen LogP contribution is -2.45. The highest BCUT2D eigenvalue weighted by molar-refractivity contribution is 14.1. The summed E-state index contributed by atoms with van der Waals surface area (Å²) in [7, 11) is 2.99. The molecule has 46 heavy (non-hydrogen) atoms. The Bertz CT molecular complexity index is 1660. The van der Waals surface area contributed by atoms with Crippen molar-refractivity contribution < 1.29 is 38.1 Å². The summed E-state index contributed by atoms with van der Waals surface area (Å²) >= 11 is 5.59. The molecule has 0 saturated carbocycles. The van der Waals surface area contributed by atoms with E-state index in [2.05, 4.69) is 59.7 Å². The maximum Gasteiger partial charge on any atom is 0.338 e. The molecule has 12 nitrogen and oxygen atoms in total. The Labute approximate surface area is 288 Å². The molecule has 0 unspecified atom stereocenters. The second kappa shape index (κ2) is 16.3. The van der Waals surface area contributed by atoms with E-state index in [1.807, 2.05) is 36.4 Å². The standard InChI is InChI=1S/C32H32BrIN4O8/c1-5-44-31(40)28-18(2)36-32(41)37-29(28)20-8-11-24(25(13-20)42-3)45-17-27(39)38-35-15-21-12-23(34)14-26(43-4)30(21)46-16-19-6-9-22(33)10-7-19/h6-15,29H,5,16-17H2,1-4H3,(H,38,39)(H2,36,37,41)/b35-15+/t29-/m1/s1. The Balaban J connectivity index is 1.42. The predicted octanol–water partition coefficient (Wildman–Crippen LogP) is 5.37. The second-order valence-electron chi connectivity index (χ2n) is 9.72. The number of carbonyl (C=O) groups is 3. The van der Waals surface area contributed by atoms with E-state index in [4.69, 9.17) is 23.7 Å². The highest BCUT2D eigenvalue weighted by Crippen LogP contribution is 2.35. The van der Waals surface area contributed by atoms with Crippen LogP contribution in [0.3, 0.4) is 0 Å². The van der Waals surface area contributed by atoms with Gasteiger partial charge < -0.3 is 34.3 Å². The number of allylic oxidation sites excluding steroid dienone is 1. The van der Waals surface area contributed by atoms with Crippen LogP contribution < -0.4 is 35.0 Å². The van der Waals surface area contributed by atoms with Gasteiger partial charge in [-0.1, -0.05) is 34.1 Å². The van der Waals surface area contributed by atoms with Crippen molar-refractivity contribution in [2.45, 2.75) is 26.5 Å². The number of hydrogen-bond acceptors (Lipinski definition) is 9. The Morgan fingerprint density at radius 2 is 1.76 bits per heavy atom. The molecule has 0 radical (unpaired) electrons. The van der Waals surface area contributed by atoms with Gasteiger partial charge >= 0.3 is 12.0 Å². The third-order valence-electron chi connectivity index (χ3n) is 6.60. The monoisotopic (exact) mass is 806 g/mol. The minimum atomic E-state index is -0.781. The molecule has 14 heteroatoms. The fraction of sp³-hybridized carbons (Fsp3) is 0.250. The smallest absolute Gasteiger partial charge is 0.338 e. The van der Waals surface area contributed by atoms with Crippen LogP contribution in [-0.4, -0.2) is 51.6 Å². The highest BCUT2D eigenvalue weighted by atomic mass is 127. The van der Waals surface area contributed by atoms with Gasteiger partial charge in [0.2, 0.25) is 0 Å². The summed E-state index contributed by atoms with van der Waals surface area (Å²) in [5.41, 5.74) is 5.23. The maximum atomic E-state index is 12.6. The zero-order valence-corrected chi connectivity index (χ0v) is 29.2. The van der Waals surface area contributed by atoms with Gasteiger partial charge in [0.25, 0.3) is 5.91 Å². The van der Waals surface area contributed by atoms with Gasteiger partial charge in [-0.25, -0.2) is 15.0 Å². The number of hydrogen-bond donors (Lipinski definition) is 3. The van der Waals surface area contributed by atoms with E-state index in [9.17, 15) is 14.4 Å². The SMILES string of the molecule is CCOC(=O)C1=C(C)NC(=O)N[C@@H]1c1ccc(OCC(=O)N/N=C/c2cc(I)cc(OC)c2OCc2ccc(Br)cc2)c(OC)c1. The van der Waals surface area contributed by atoms with E-state index in [0.29, 0.717) is 40.7 Å². The maximum absolute atomic E-state index is 12.6. The lowest BCUT2D eigenvalue weighted by Gasteiger charge is -2.28. The van der Waals surface area contributed by atoms with Crippen molar-refractivity contribution in [1.82, 2.24) is 16.1 Å². The summed E-state index contributed by atoms with van der Waals surface area (Å²) in [6.45, 7) is 3.44. The fourth-order valence-corrected chi connectivity index (χ4v) is 5.37. The number of nitrogens with one attached hydrogen (secondary N) is 3. The van der Waals surface area contributed by atoms with Crippen LogP contribution in [0.5, 0.6) is 23.0 Å². The Hall–Kier alpha value is -4.31. The van der Waals surface area contributed by atoms with Gasteiger partial charge in [-0.15, -0.1) is 0 Å². The number of nitrogens with zero attached hydrogens (tertiary/aromatic N) is 1. The molecular formula is C32H32BrIN4O8. The number of methoxy groups -OCH3 is 2. The zero-order valence-electron chi connectivity index (χ0n) is 25.4. The molecule has 1 aliphatic rings. The lowest BCUT2D eigenvalue weighted by atomic mass is 9.95. The van der Waals surface area contributed by atoms with E-state index in [1.165, 1.54) is 13.3 Å². The van der Waals surface area contributed by atoms with Crippen molar-refractivity contribution in [2.75, 3.05) is 27.4 Å². The van der Waals surface area contributed by atoms with Gasteiger partial charge in [0.1, 0.15) is 6.61 Å². The fourth-order valence-electron chi connectivity index (χ4n) is 4.48. The molecule has 0 aliphatic carbocycles. The molecule has 1 aliphatic heterocycles. The average Bonchev–Trinajstić information content (AvgIpc) is 3.03. The summed E-state index contributed by atoms with van der Waals surface area (Å²) in [6, 6.07) is 15.1. The number of ether oxygens (including phenoxy) is 5. The van der Waals surface area contributed by atoms with E-state index >= 15 is 0 Å². The molecule has 3 aromatic carbocycles.